The lowest BCUT2D eigenvalue weighted by Crippen LogP contribution is -1.98. The van der Waals surface area contributed by atoms with Crippen LogP contribution in [-0.2, 0) is 9.53 Å². The molecule has 2 nitrogen and oxygen atoms in total. The van der Waals surface area contributed by atoms with Gasteiger partial charge in [-0.3, -0.25) is 4.79 Å². The first-order chi connectivity index (χ1) is 6.27. The van der Waals surface area contributed by atoms with Gasteiger partial charge >= 0.3 is 5.97 Å². The quantitative estimate of drug-likeness (QED) is 0.706. The predicted octanol–water partition coefficient (Wildman–Crippen LogP) is 2.83. The number of ether oxygens (including phenoxy) is 1. The van der Waals surface area contributed by atoms with E-state index in [0.29, 0.717) is 6.42 Å². The monoisotopic (exact) mass is 240 g/mol. The zero-order valence-corrected chi connectivity index (χ0v) is 8.58. The topological polar surface area (TPSA) is 26.3 Å². The molecular formula is C10H9BrO2. The summed E-state index contributed by atoms with van der Waals surface area (Å²) >= 11 is 3.43. The van der Waals surface area contributed by atoms with Crippen molar-refractivity contribution >= 4 is 21.9 Å². The first-order valence-electron chi connectivity index (χ1n) is 4.21. The van der Waals surface area contributed by atoms with Crippen LogP contribution >= 0.6 is 15.9 Å². The molecule has 0 bridgehead atoms. The van der Waals surface area contributed by atoms with Crippen molar-refractivity contribution in [2.45, 2.75) is 18.9 Å². The van der Waals surface area contributed by atoms with E-state index in [9.17, 15) is 4.79 Å². The van der Waals surface area contributed by atoms with E-state index in [1.807, 2.05) is 24.3 Å². The number of carbonyl (C=O) groups is 1. The molecule has 1 heterocycles. The summed E-state index contributed by atoms with van der Waals surface area (Å²) in [7, 11) is 0. The number of cyclic esters (lactones) is 1. The fraction of sp³-hybridized carbons (Fsp3) is 0.300. The minimum absolute atomic E-state index is 0.0527. The molecule has 1 fully saturated rings. The Hall–Kier alpha value is -0.830. The average molecular weight is 241 g/mol. The minimum Gasteiger partial charge on any atom is -0.457 e. The maximum absolute atomic E-state index is 10.9. The molecule has 0 aromatic heterocycles. The first-order valence-corrected chi connectivity index (χ1v) is 5.00. The Morgan fingerprint density at radius 1 is 1.38 bits per heavy atom. The van der Waals surface area contributed by atoms with Crippen molar-refractivity contribution in [2.75, 3.05) is 0 Å². The molecule has 0 saturated carbocycles. The van der Waals surface area contributed by atoms with Crippen LogP contribution < -0.4 is 0 Å². The number of hydrogen-bond acceptors (Lipinski definition) is 2. The molecule has 0 spiro atoms. The summed E-state index contributed by atoms with van der Waals surface area (Å²) in [6.45, 7) is 0. The number of benzene rings is 1. The van der Waals surface area contributed by atoms with Gasteiger partial charge in [-0.2, -0.15) is 0 Å². The zero-order chi connectivity index (χ0) is 9.26. The Morgan fingerprint density at radius 3 is 2.77 bits per heavy atom. The van der Waals surface area contributed by atoms with Crippen LogP contribution in [0.2, 0.25) is 0 Å². The molecule has 1 aromatic carbocycles. The van der Waals surface area contributed by atoms with Gasteiger partial charge in [-0.1, -0.05) is 34.1 Å². The Balaban J connectivity index is 2.26. The SMILES string of the molecule is O=C1CC[C@H](c2ccccc2Br)O1. The molecule has 68 valence electrons. The molecule has 1 atom stereocenters. The van der Waals surface area contributed by atoms with Gasteiger partial charge in [0.2, 0.25) is 0 Å². The summed E-state index contributed by atoms with van der Waals surface area (Å²) in [4.78, 5) is 10.9. The molecular weight excluding hydrogens is 232 g/mol. The van der Waals surface area contributed by atoms with Gasteiger partial charge in [0.05, 0.1) is 0 Å². The number of esters is 1. The largest absolute Gasteiger partial charge is 0.457 e. The van der Waals surface area contributed by atoms with Crippen molar-refractivity contribution in [3.8, 4) is 0 Å². The smallest absolute Gasteiger partial charge is 0.306 e. The van der Waals surface area contributed by atoms with Gasteiger partial charge in [-0.05, 0) is 12.5 Å². The highest BCUT2D eigenvalue weighted by atomic mass is 79.9. The van der Waals surface area contributed by atoms with Gasteiger partial charge in [0.15, 0.2) is 0 Å². The lowest BCUT2D eigenvalue weighted by atomic mass is 10.1. The van der Waals surface area contributed by atoms with E-state index < -0.39 is 0 Å². The molecule has 0 N–H and O–H groups in total. The van der Waals surface area contributed by atoms with Crippen molar-refractivity contribution in [2.24, 2.45) is 0 Å². The van der Waals surface area contributed by atoms with Gasteiger partial charge in [0.25, 0.3) is 0 Å². The van der Waals surface area contributed by atoms with E-state index in [4.69, 9.17) is 4.74 Å². The molecule has 0 amide bonds. The van der Waals surface area contributed by atoms with E-state index in [2.05, 4.69) is 15.9 Å². The molecule has 0 unspecified atom stereocenters. The average Bonchev–Trinajstić information content (AvgIpc) is 2.53. The third kappa shape index (κ3) is 1.75. The van der Waals surface area contributed by atoms with Crippen LogP contribution in [0, 0.1) is 0 Å². The summed E-state index contributed by atoms with van der Waals surface area (Å²) in [6, 6.07) is 7.84. The number of hydrogen-bond donors (Lipinski definition) is 0. The highest BCUT2D eigenvalue weighted by Gasteiger charge is 2.25. The van der Waals surface area contributed by atoms with Gasteiger partial charge in [0, 0.05) is 16.5 Å². The summed E-state index contributed by atoms with van der Waals surface area (Å²) in [5.41, 5.74) is 1.06. The lowest BCUT2D eigenvalue weighted by Gasteiger charge is -2.10. The molecule has 1 aliphatic heterocycles. The van der Waals surface area contributed by atoms with E-state index in [-0.39, 0.29) is 12.1 Å². The molecule has 1 saturated heterocycles. The highest BCUT2D eigenvalue weighted by molar-refractivity contribution is 9.10. The second kappa shape index (κ2) is 3.50. The van der Waals surface area contributed by atoms with Crippen molar-refractivity contribution in [1.29, 1.82) is 0 Å². The van der Waals surface area contributed by atoms with Crippen LogP contribution in [0.5, 0.6) is 0 Å². The fourth-order valence-electron chi connectivity index (χ4n) is 1.48. The Bertz CT molecular complexity index is 335. The summed E-state index contributed by atoms with van der Waals surface area (Å²) in [5.74, 6) is -0.0965. The van der Waals surface area contributed by atoms with Crippen molar-refractivity contribution < 1.29 is 9.53 Å². The molecule has 3 heteroatoms. The van der Waals surface area contributed by atoms with Gasteiger partial charge in [0.1, 0.15) is 6.10 Å². The zero-order valence-electron chi connectivity index (χ0n) is 7.00. The molecule has 0 radical (unpaired) electrons. The lowest BCUT2D eigenvalue weighted by molar-refractivity contribution is -0.141. The first kappa shape index (κ1) is 8.75. The van der Waals surface area contributed by atoms with Crippen LogP contribution in [0.25, 0.3) is 0 Å². The molecule has 0 aliphatic carbocycles. The fourth-order valence-corrected chi connectivity index (χ4v) is 2.02. The standard InChI is InChI=1S/C10H9BrO2/c11-8-4-2-1-3-7(8)9-5-6-10(12)13-9/h1-4,9H,5-6H2/t9-/m1/s1. The van der Waals surface area contributed by atoms with Crippen LogP contribution in [-0.4, -0.2) is 5.97 Å². The van der Waals surface area contributed by atoms with Crippen molar-refractivity contribution in [3.05, 3.63) is 34.3 Å². The van der Waals surface area contributed by atoms with Crippen molar-refractivity contribution in [3.63, 3.8) is 0 Å². The maximum atomic E-state index is 10.9. The van der Waals surface area contributed by atoms with E-state index in [0.717, 1.165) is 16.5 Å². The number of rotatable bonds is 1. The normalized spacial score (nSPS) is 21.6. The Kier molecular flexibility index (Phi) is 2.36. The van der Waals surface area contributed by atoms with E-state index in [1.165, 1.54) is 0 Å². The van der Waals surface area contributed by atoms with Crippen LogP contribution in [0.3, 0.4) is 0 Å². The summed E-state index contributed by atoms with van der Waals surface area (Å²) in [5, 5.41) is 0. The molecule has 1 aromatic rings. The third-order valence-electron chi connectivity index (χ3n) is 2.14. The number of carbonyl (C=O) groups excluding carboxylic acids is 1. The van der Waals surface area contributed by atoms with Gasteiger partial charge in [-0.15, -0.1) is 0 Å². The molecule has 1 aliphatic rings. The Labute approximate surface area is 85.0 Å². The summed E-state index contributed by atoms with van der Waals surface area (Å²) in [6.07, 6.45) is 1.27. The van der Waals surface area contributed by atoms with Gasteiger partial charge < -0.3 is 4.74 Å². The van der Waals surface area contributed by atoms with Crippen molar-refractivity contribution in [1.82, 2.24) is 0 Å². The summed E-state index contributed by atoms with van der Waals surface area (Å²) < 4.78 is 6.17. The molecule has 13 heavy (non-hydrogen) atoms. The van der Waals surface area contributed by atoms with E-state index in [1.54, 1.807) is 0 Å². The highest BCUT2D eigenvalue weighted by Crippen LogP contribution is 2.33. The van der Waals surface area contributed by atoms with Crippen LogP contribution in [0.4, 0.5) is 0 Å². The second-order valence-electron chi connectivity index (χ2n) is 3.04. The maximum Gasteiger partial charge on any atom is 0.306 e. The minimum atomic E-state index is -0.0965. The Morgan fingerprint density at radius 2 is 2.15 bits per heavy atom. The van der Waals surface area contributed by atoms with Crippen LogP contribution in [0.1, 0.15) is 24.5 Å². The van der Waals surface area contributed by atoms with Gasteiger partial charge in [-0.25, -0.2) is 0 Å². The predicted molar refractivity (Wildman–Crippen MR) is 52.2 cm³/mol. The number of halogens is 1. The van der Waals surface area contributed by atoms with E-state index >= 15 is 0 Å². The molecule has 2 rings (SSSR count). The second-order valence-corrected chi connectivity index (χ2v) is 3.89. The third-order valence-corrected chi connectivity index (χ3v) is 2.86. The van der Waals surface area contributed by atoms with Crippen LogP contribution in [0.15, 0.2) is 28.7 Å².